The molecule has 0 bridgehead atoms. The second kappa shape index (κ2) is 11.0. The Kier molecular flexibility index (Phi) is 9.33. The van der Waals surface area contributed by atoms with Crippen molar-refractivity contribution in [2.24, 2.45) is 0 Å². The van der Waals surface area contributed by atoms with Crippen LogP contribution in [0.1, 0.15) is 25.3 Å². The maximum Gasteiger partial charge on any atom is 0.0591 e. The Balaban J connectivity index is 1.95. The number of nitrogens with one attached hydrogen (secondary N) is 1. The lowest BCUT2D eigenvalue weighted by Crippen LogP contribution is -2.30. The summed E-state index contributed by atoms with van der Waals surface area (Å²) in [4.78, 5) is 0. The van der Waals surface area contributed by atoms with Crippen molar-refractivity contribution in [1.82, 2.24) is 5.32 Å². The lowest BCUT2D eigenvalue weighted by Gasteiger charge is -2.13. The number of rotatable bonds is 11. The molecule has 0 aromatic heterocycles. The molecule has 3 nitrogen and oxygen atoms in total. The Morgan fingerprint density at radius 2 is 1.89 bits per heavy atom. The van der Waals surface area contributed by atoms with Gasteiger partial charge in [0, 0.05) is 32.9 Å². The molecule has 0 saturated heterocycles. The summed E-state index contributed by atoms with van der Waals surface area (Å²) in [5.74, 6) is 0. The zero-order chi connectivity index (χ0) is 13.8. The third-order valence-corrected chi connectivity index (χ3v) is 3.09. The quantitative estimate of drug-likeness (QED) is 0.624. The monoisotopic (exact) mass is 265 g/mol. The molecular weight excluding hydrogens is 238 g/mol. The second-order valence-electron chi connectivity index (χ2n) is 4.84. The topological polar surface area (TPSA) is 30.5 Å². The molecule has 19 heavy (non-hydrogen) atoms. The van der Waals surface area contributed by atoms with E-state index in [0.29, 0.717) is 6.04 Å². The Morgan fingerprint density at radius 3 is 2.63 bits per heavy atom. The SMILES string of the molecule is COCCCOCCNC(C)CCc1ccccc1. The molecule has 3 heteroatoms. The Bertz CT molecular complexity index is 303. The van der Waals surface area contributed by atoms with Gasteiger partial charge >= 0.3 is 0 Å². The minimum Gasteiger partial charge on any atom is -0.385 e. The van der Waals surface area contributed by atoms with Crippen LogP contribution in [0.3, 0.4) is 0 Å². The van der Waals surface area contributed by atoms with Gasteiger partial charge in [-0.3, -0.25) is 0 Å². The van der Waals surface area contributed by atoms with Crippen LogP contribution in [0, 0.1) is 0 Å². The van der Waals surface area contributed by atoms with Gasteiger partial charge in [0.1, 0.15) is 0 Å². The van der Waals surface area contributed by atoms with Crippen molar-refractivity contribution in [1.29, 1.82) is 0 Å². The van der Waals surface area contributed by atoms with Gasteiger partial charge in [-0.15, -0.1) is 0 Å². The van der Waals surface area contributed by atoms with Crippen molar-refractivity contribution >= 4 is 0 Å². The molecule has 1 unspecified atom stereocenters. The molecule has 0 fully saturated rings. The predicted molar refractivity (Wildman–Crippen MR) is 79.5 cm³/mol. The first kappa shape index (κ1) is 16.2. The molecular formula is C16H27NO2. The molecule has 0 spiro atoms. The van der Waals surface area contributed by atoms with Gasteiger partial charge in [0.05, 0.1) is 6.61 Å². The molecule has 1 aromatic rings. The Hall–Kier alpha value is -0.900. The van der Waals surface area contributed by atoms with Gasteiger partial charge < -0.3 is 14.8 Å². The molecule has 1 rings (SSSR count). The number of hydrogen-bond donors (Lipinski definition) is 1. The van der Waals surface area contributed by atoms with Crippen molar-refractivity contribution in [3.8, 4) is 0 Å². The van der Waals surface area contributed by atoms with Gasteiger partial charge in [-0.2, -0.15) is 0 Å². The first-order valence-corrected chi connectivity index (χ1v) is 7.17. The molecule has 0 aliphatic rings. The van der Waals surface area contributed by atoms with Crippen molar-refractivity contribution in [3.63, 3.8) is 0 Å². The Morgan fingerprint density at radius 1 is 1.11 bits per heavy atom. The predicted octanol–water partition coefficient (Wildman–Crippen LogP) is 2.65. The summed E-state index contributed by atoms with van der Waals surface area (Å²) in [5.41, 5.74) is 1.41. The minimum absolute atomic E-state index is 0.530. The highest BCUT2D eigenvalue weighted by atomic mass is 16.5. The molecule has 1 N–H and O–H groups in total. The molecule has 108 valence electrons. The summed E-state index contributed by atoms with van der Waals surface area (Å²) >= 11 is 0. The normalized spacial score (nSPS) is 12.5. The van der Waals surface area contributed by atoms with Gasteiger partial charge in [-0.1, -0.05) is 30.3 Å². The van der Waals surface area contributed by atoms with Crippen molar-refractivity contribution in [2.45, 2.75) is 32.2 Å². The highest BCUT2D eigenvalue weighted by Gasteiger charge is 2.01. The number of benzene rings is 1. The third kappa shape index (κ3) is 8.76. The molecule has 0 amide bonds. The number of ether oxygens (including phenoxy) is 2. The number of aryl methyl sites for hydroxylation is 1. The Labute approximate surface area is 117 Å². The van der Waals surface area contributed by atoms with Gasteiger partial charge in [-0.25, -0.2) is 0 Å². The van der Waals surface area contributed by atoms with E-state index in [-0.39, 0.29) is 0 Å². The van der Waals surface area contributed by atoms with Crippen molar-refractivity contribution < 1.29 is 9.47 Å². The van der Waals surface area contributed by atoms with Crippen LogP contribution in [0.25, 0.3) is 0 Å². The van der Waals surface area contributed by atoms with E-state index < -0.39 is 0 Å². The average molecular weight is 265 g/mol. The van der Waals surface area contributed by atoms with E-state index in [9.17, 15) is 0 Å². The summed E-state index contributed by atoms with van der Waals surface area (Å²) in [5, 5.41) is 3.49. The van der Waals surface area contributed by atoms with Gasteiger partial charge in [-0.05, 0) is 31.7 Å². The highest BCUT2D eigenvalue weighted by Crippen LogP contribution is 2.04. The average Bonchev–Trinajstić information content (AvgIpc) is 2.45. The van der Waals surface area contributed by atoms with Crippen molar-refractivity contribution in [3.05, 3.63) is 35.9 Å². The molecule has 0 aliphatic carbocycles. The second-order valence-corrected chi connectivity index (χ2v) is 4.84. The summed E-state index contributed by atoms with van der Waals surface area (Å²) in [6, 6.07) is 11.2. The van der Waals surface area contributed by atoms with E-state index in [4.69, 9.17) is 9.47 Å². The fraction of sp³-hybridized carbons (Fsp3) is 0.625. The molecule has 1 aromatic carbocycles. The maximum atomic E-state index is 5.51. The van der Waals surface area contributed by atoms with E-state index in [1.165, 1.54) is 5.56 Å². The zero-order valence-electron chi connectivity index (χ0n) is 12.2. The first-order valence-electron chi connectivity index (χ1n) is 7.17. The molecule has 0 heterocycles. The van der Waals surface area contributed by atoms with Crippen LogP contribution < -0.4 is 5.32 Å². The fourth-order valence-electron chi connectivity index (χ4n) is 1.91. The summed E-state index contributed by atoms with van der Waals surface area (Å²) in [7, 11) is 1.72. The minimum atomic E-state index is 0.530. The first-order chi connectivity index (χ1) is 9.33. The van der Waals surface area contributed by atoms with Crippen LogP contribution in [0.5, 0.6) is 0 Å². The van der Waals surface area contributed by atoms with Crippen LogP contribution in [0.15, 0.2) is 30.3 Å². The number of hydrogen-bond acceptors (Lipinski definition) is 3. The van der Waals surface area contributed by atoms with Crippen LogP contribution in [0.4, 0.5) is 0 Å². The molecule has 1 atom stereocenters. The molecule has 0 saturated carbocycles. The van der Waals surface area contributed by atoms with E-state index in [2.05, 4.69) is 42.6 Å². The van der Waals surface area contributed by atoms with Crippen molar-refractivity contribution in [2.75, 3.05) is 33.5 Å². The fourth-order valence-corrected chi connectivity index (χ4v) is 1.91. The number of methoxy groups -OCH3 is 1. The largest absolute Gasteiger partial charge is 0.385 e. The van der Waals surface area contributed by atoms with Crippen LogP contribution in [-0.4, -0.2) is 39.5 Å². The summed E-state index contributed by atoms with van der Waals surface area (Å²) in [6.07, 6.45) is 3.26. The summed E-state index contributed by atoms with van der Waals surface area (Å²) in [6.45, 7) is 5.49. The van der Waals surface area contributed by atoms with E-state index in [0.717, 1.165) is 45.6 Å². The van der Waals surface area contributed by atoms with Crippen LogP contribution in [0.2, 0.25) is 0 Å². The van der Waals surface area contributed by atoms with Gasteiger partial charge in [0.2, 0.25) is 0 Å². The standard InChI is InChI=1S/C16H27NO2/c1-15(9-10-16-7-4-3-5-8-16)17-11-14-19-13-6-12-18-2/h3-5,7-8,15,17H,6,9-14H2,1-2H3. The zero-order valence-corrected chi connectivity index (χ0v) is 12.2. The van der Waals surface area contributed by atoms with Gasteiger partial charge in [0.25, 0.3) is 0 Å². The molecule has 0 radical (unpaired) electrons. The summed E-state index contributed by atoms with van der Waals surface area (Å²) < 4.78 is 10.5. The van der Waals surface area contributed by atoms with Gasteiger partial charge in [0.15, 0.2) is 0 Å². The van der Waals surface area contributed by atoms with E-state index in [1.807, 2.05) is 0 Å². The third-order valence-electron chi connectivity index (χ3n) is 3.09. The van der Waals surface area contributed by atoms with E-state index >= 15 is 0 Å². The van der Waals surface area contributed by atoms with E-state index in [1.54, 1.807) is 7.11 Å². The van der Waals surface area contributed by atoms with Crippen LogP contribution in [-0.2, 0) is 15.9 Å². The lowest BCUT2D eigenvalue weighted by atomic mass is 10.1. The van der Waals surface area contributed by atoms with Crippen LogP contribution >= 0.6 is 0 Å². The smallest absolute Gasteiger partial charge is 0.0591 e. The maximum absolute atomic E-state index is 5.51. The molecule has 0 aliphatic heterocycles. The lowest BCUT2D eigenvalue weighted by molar-refractivity contribution is 0.103. The highest BCUT2D eigenvalue weighted by molar-refractivity contribution is 5.14.